The highest BCUT2D eigenvalue weighted by atomic mass is 16.5. The highest BCUT2D eigenvalue weighted by Crippen LogP contribution is 2.35. The van der Waals surface area contributed by atoms with Crippen LogP contribution in [0.15, 0.2) is 18.2 Å². The first-order valence-corrected chi connectivity index (χ1v) is 6.52. The topological polar surface area (TPSA) is 70.6 Å². The van der Waals surface area contributed by atoms with Crippen molar-refractivity contribution in [2.75, 3.05) is 26.8 Å². The SMILES string of the molecule is COCCNC(=O)CNC1CCc2c(O)cccc21. The Bertz CT molecular complexity index is 448. The maximum atomic E-state index is 11.6. The van der Waals surface area contributed by atoms with Crippen molar-refractivity contribution in [2.45, 2.75) is 18.9 Å². The summed E-state index contributed by atoms with van der Waals surface area (Å²) in [6.45, 7) is 1.33. The maximum absolute atomic E-state index is 11.6. The number of ether oxygens (including phenoxy) is 1. The molecule has 1 aliphatic carbocycles. The van der Waals surface area contributed by atoms with E-state index in [0.717, 1.165) is 24.0 Å². The van der Waals surface area contributed by atoms with Crippen molar-refractivity contribution in [1.82, 2.24) is 10.6 Å². The van der Waals surface area contributed by atoms with Gasteiger partial charge in [-0.25, -0.2) is 0 Å². The molecule has 5 nitrogen and oxygen atoms in total. The zero-order chi connectivity index (χ0) is 13.7. The Balaban J connectivity index is 1.83. The molecule has 0 fully saturated rings. The number of phenols is 1. The van der Waals surface area contributed by atoms with Crippen molar-refractivity contribution in [1.29, 1.82) is 0 Å². The number of fused-ring (bicyclic) bond motifs is 1. The Kier molecular flexibility index (Phi) is 4.76. The summed E-state index contributed by atoms with van der Waals surface area (Å²) in [7, 11) is 1.60. The van der Waals surface area contributed by atoms with Crippen molar-refractivity contribution in [3.8, 4) is 5.75 Å². The number of aromatic hydroxyl groups is 1. The van der Waals surface area contributed by atoms with Gasteiger partial charge in [0.05, 0.1) is 13.2 Å². The van der Waals surface area contributed by atoms with Crippen molar-refractivity contribution in [3.05, 3.63) is 29.3 Å². The number of nitrogens with one attached hydrogen (secondary N) is 2. The van der Waals surface area contributed by atoms with Gasteiger partial charge in [-0.05, 0) is 30.0 Å². The van der Waals surface area contributed by atoms with Crippen LogP contribution in [0.5, 0.6) is 5.75 Å². The summed E-state index contributed by atoms with van der Waals surface area (Å²) < 4.78 is 4.87. The molecule has 0 spiro atoms. The number of phenolic OH excluding ortho intramolecular Hbond substituents is 1. The summed E-state index contributed by atoms with van der Waals surface area (Å²) in [5, 5.41) is 15.7. The molecule has 0 saturated heterocycles. The molecule has 3 N–H and O–H groups in total. The fourth-order valence-corrected chi connectivity index (χ4v) is 2.42. The fraction of sp³-hybridized carbons (Fsp3) is 0.500. The smallest absolute Gasteiger partial charge is 0.234 e. The lowest BCUT2D eigenvalue weighted by atomic mass is 10.1. The summed E-state index contributed by atoms with van der Waals surface area (Å²) in [5.74, 6) is 0.317. The largest absolute Gasteiger partial charge is 0.508 e. The number of amides is 1. The monoisotopic (exact) mass is 264 g/mol. The molecule has 0 aliphatic heterocycles. The Morgan fingerprint density at radius 2 is 2.37 bits per heavy atom. The predicted molar refractivity (Wildman–Crippen MR) is 72.1 cm³/mol. The second kappa shape index (κ2) is 6.54. The number of methoxy groups -OCH3 is 1. The summed E-state index contributed by atoms with van der Waals surface area (Å²) in [4.78, 5) is 11.6. The summed E-state index contributed by atoms with van der Waals surface area (Å²) >= 11 is 0. The minimum atomic E-state index is -0.0364. The van der Waals surface area contributed by atoms with Crippen molar-refractivity contribution in [2.24, 2.45) is 0 Å². The molecular weight excluding hydrogens is 244 g/mol. The predicted octanol–water partition coefficient (Wildman–Crippen LogP) is 0.732. The van der Waals surface area contributed by atoms with Gasteiger partial charge in [0.15, 0.2) is 0 Å². The van der Waals surface area contributed by atoms with E-state index in [-0.39, 0.29) is 18.5 Å². The van der Waals surface area contributed by atoms with E-state index in [1.807, 2.05) is 12.1 Å². The second-order valence-electron chi connectivity index (χ2n) is 4.66. The first-order valence-electron chi connectivity index (χ1n) is 6.52. The van der Waals surface area contributed by atoms with Gasteiger partial charge in [-0.15, -0.1) is 0 Å². The lowest BCUT2D eigenvalue weighted by molar-refractivity contribution is -0.120. The van der Waals surface area contributed by atoms with Gasteiger partial charge in [0.25, 0.3) is 0 Å². The fourth-order valence-electron chi connectivity index (χ4n) is 2.42. The first-order chi connectivity index (χ1) is 9.22. The van der Waals surface area contributed by atoms with Gasteiger partial charge in [-0.2, -0.15) is 0 Å². The molecule has 0 radical (unpaired) electrons. The molecule has 0 saturated carbocycles. The Hall–Kier alpha value is -1.59. The van der Waals surface area contributed by atoms with Crippen LogP contribution in [-0.4, -0.2) is 37.8 Å². The molecule has 0 aromatic heterocycles. The van der Waals surface area contributed by atoms with Crippen LogP contribution >= 0.6 is 0 Å². The molecule has 104 valence electrons. The van der Waals surface area contributed by atoms with E-state index in [1.54, 1.807) is 13.2 Å². The molecule has 2 rings (SSSR count). The van der Waals surface area contributed by atoms with Gasteiger partial charge in [0, 0.05) is 19.7 Å². The number of carbonyl (C=O) groups excluding carboxylic acids is 1. The minimum absolute atomic E-state index is 0.0364. The second-order valence-corrected chi connectivity index (χ2v) is 4.66. The molecule has 1 aliphatic rings. The molecule has 1 amide bonds. The third-order valence-electron chi connectivity index (χ3n) is 3.38. The van der Waals surface area contributed by atoms with E-state index in [1.165, 1.54) is 0 Å². The number of rotatable bonds is 6. The lowest BCUT2D eigenvalue weighted by Crippen LogP contribution is -2.36. The highest BCUT2D eigenvalue weighted by Gasteiger charge is 2.24. The first kappa shape index (κ1) is 13.8. The van der Waals surface area contributed by atoms with Gasteiger partial charge in [0.1, 0.15) is 5.75 Å². The normalized spacial score (nSPS) is 17.2. The molecule has 5 heteroatoms. The quantitative estimate of drug-likeness (QED) is 0.663. The average Bonchev–Trinajstić information content (AvgIpc) is 2.81. The maximum Gasteiger partial charge on any atom is 0.234 e. The van der Waals surface area contributed by atoms with Crippen LogP contribution < -0.4 is 10.6 Å². The summed E-state index contributed by atoms with van der Waals surface area (Å²) in [5.41, 5.74) is 2.10. The van der Waals surface area contributed by atoms with Crippen molar-refractivity contribution < 1.29 is 14.6 Å². The molecule has 19 heavy (non-hydrogen) atoms. The Morgan fingerprint density at radius 1 is 1.53 bits per heavy atom. The number of carbonyl (C=O) groups is 1. The van der Waals surface area contributed by atoms with Crippen molar-refractivity contribution >= 4 is 5.91 Å². The highest BCUT2D eigenvalue weighted by molar-refractivity contribution is 5.78. The third kappa shape index (κ3) is 3.45. The zero-order valence-electron chi connectivity index (χ0n) is 11.1. The molecule has 1 atom stereocenters. The third-order valence-corrected chi connectivity index (χ3v) is 3.38. The van der Waals surface area contributed by atoms with E-state index in [0.29, 0.717) is 18.9 Å². The number of benzene rings is 1. The van der Waals surface area contributed by atoms with Gasteiger partial charge >= 0.3 is 0 Å². The number of hydrogen-bond donors (Lipinski definition) is 3. The van der Waals surface area contributed by atoms with Crippen molar-refractivity contribution in [3.63, 3.8) is 0 Å². The van der Waals surface area contributed by atoms with Gasteiger partial charge in [-0.3, -0.25) is 4.79 Å². The van der Waals surface area contributed by atoms with Gasteiger partial charge in [-0.1, -0.05) is 12.1 Å². The van der Waals surface area contributed by atoms with E-state index in [2.05, 4.69) is 10.6 Å². The van der Waals surface area contributed by atoms with E-state index >= 15 is 0 Å². The van der Waals surface area contributed by atoms with E-state index < -0.39 is 0 Å². The summed E-state index contributed by atoms with van der Waals surface area (Å²) in [6.07, 6.45) is 1.77. The Labute approximate surface area is 113 Å². The van der Waals surface area contributed by atoms with Crippen LogP contribution in [-0.2, 0) is 16.0 Å². The standard InChI is InChI=1S/C14H20N2O3/c1-19-8-7-15-14(18)9-16-12-6-5-11-10(12)3-2-4-13(11)17/h2-4,12,16-17H,5-9H2,1H3,(H,15,18). The number of hydrogen-bond acceptors (Lipinski definition) is 4. The minimum Gasteiger partial charge on any atom is -0.508 e. The Morgan fingerprint density at radius 3 is 3.16 bits per heavy atom. The van der Waals surface area contributed by atoms with Crippen LogP contribution in [0.2, 0.25) is 0 Å². The molecule has 1 unspecified atom stereocenters. The van der Waals surface area contributed by atoms with E-state index in [4.69, 9.17) is 4.74 Å². The van der Waals surface area contributed by atoms with Crippen LogP contribution in [0.3, 0.4) is 0 Å². The zero-order valence-corrected chi connectivity index (χ0v) is 11.1. The van der Waals surface area contributed by atoms with Crippen LogP contribution in [0.4, 0.5) is 0 Å². The molecule has 0 heterocycles. The molecular formula is C14H20N2O3. The van der Waals surface area contributed by atoms with Gasteiger partial charge in [0.2, 0.25) is 5.91 Å². The van der Waals surface area contributed by atoms with Crippen LogP contribution in [0, 0.1) is 0 Å². The molecule has 0 bridgehead atoms. The lowest BCUT2D eigenvalue weighted by Gasteiger charge is -2.14. The van der Waals surface area contributed by atoms with Crippen LogP contribution in [0.25, 0.3) is 0 Å². The molecule has 1 aromatic carbocycles. The van der Waals surface area contributed by atoms with Gasteiger partial charge < -0.3 is 20.5 Å². The van der Waals surface area contributed by atoms with Crippen LogP contribution in [0.1, 0.15) is 23.6 Å². The summed E-state index contributed by atoms with van der Waals surface area (Å²) in [6, 6.07) is 5.70. The molecule has 1 aromatic rings. The average molecular weight is 264 g/mol. The van der Waals surface area contributed by atoms with E-state index in [9.17, 15) is 9.90 Å².